The predicted molar refractivity (Wildman–Crippen MR) is 114 cm³/mol. The van der Waals surface area contributed by atoms with Gasteiger partial charge in [-0.1, -0.05) is 0 Å². The molecule has 2 atom stereocenters. The lowest BCUT2D eigenvalue weighted by molar-refractivity contribution is -0.137. The van der Waals surface area contributed by atoms with Crippen LogP contribution in [-0.2, 0) is 15.7 Å². The number of hydrogen-bond acceptors (Lipinski definition) is 5. The van der Waals surface area contributed by atoms with Crippen molar-refractivity contribution in [2.24, 2.45) is 0 Å². The summed E-state index contributed by atoms with van der Waals surface area (Å²) in [6.45, 7) is 8.02. The third kappa shape index (κ3) is 8.95. The standard InChI is InChI=1S/C22H34F3N3O3/c1-21(2,3)31-20(29)26-12-5-6-18(15-30-4)27-17-11-13-28(14-17)19-9-7-16(8-10-19)22(23,24)25/h7-10,17-18,27H,5-6,11-15H2,1-4H3,(H,26,29)/t17-,18+/m1/s1. The normalized spacial score (nSPS) is 18.2. The summed E-state index contributed by atoms with van der Waals surface area (Å²) in [7, 11) is 1.65. The van der Waals surface area contributed by atoms with Crippen LogP contribution in [0.4, 0.5) is 23.7 Å². The summed E-state index contributed by atoms with van der Waals surface area (Å²) in [5.41, 5.74) is -0.363. The molecular weight excluding hydrogens is 411 g/mol. The first-order valence-electron chi connectivity index (χ1n) is 10.6. The zero-order chi connectivity index (χ0) is 23.1. The van der Waals surface area contributed by atoms with Gasteiger partial charge in [0.05, 0.1) is 12.2 Å². The van der Waals surface area contributed by atoms with Gasteiger partial charge in [-0.05, 0) is 64.3 Å². The molecule has 176 valence electrons. The van der Waals surface area contributed by atoms with Crippen molar-refractivity contribution in [1.29, 1.82) is 0 Å². The molecule has 1 amide bonds. The topological polar surface area (TPSA) is 62.8 Å². The zero-order valence-corrected chi connectivity index (χ0v) is 18.7. The van der Waals surface area contributed by atoms with Crippen LogP contribution in [0.15, 0.2) is 24.3 Å². The zero-order valence-electron chi connectivity index (χ0n) is 18.7. The largest absolute Gasteiger partial charge is 0.444 e. The molecular formula is C22H34F3N3O3. The highest BCUT2D eigenvalue weighted by atomic mass is 19.4. The monoisotopic (exact) mass is 445 g/mol. The van der Waals surface area contributed by atoms with E-state index in [1.165, 1.54) is 12.1 Å². The summed E-state index contributed by atoms with van der Waals surface area (Å²) in [6.07, 6.45) is -2.25. The minimum absolute atomic E-state index is 0.128. The average Bonchev–Trinajstić information content (AvgIpc) is 3.12. The minimum Gasteiger partial charge on any atom is -0.444 e. The van der Waals surface area contributed by atoms with E-state index in [2.05, 4.69) is 15.5 Å². The molecule has 0 bridgehead atoms. The number of ether oxygens (including phenoxy) is 2. The lowest BCUT2D eigenvalue weighted by Crippen LogP contribution is -2.43. The number of carbonyl (C=O) groups excluding carboxylic acids is 1. The number of nitrogens with one attached hydrogen (secondary N) is 2. The van der Waals surface area contributed by atoms with Crippen molar-refractivity contribution in [3.05, 3.63) is 29.8 Å². The Kier molecular flexibility index (Phi) is 9.00. The Hall–Kier alpha value is -2.00. The van der Waals surface area contributed by atoms with E-state index < -0.39 is 23.4 Å². The van der Waals surface area contributed by atoms with Gasteiger partial charge in [0.1, 0.15) is 5.60 Å². The minimum atomic E-state index is -4.32. The van der Waals surface area contributed by atoms with Crippen LogP contribution >= 0.6 is 0 Å². The van der Waals surface area contributed by atoms with Gasteiger partial charge in [0.15, 0.2) is 0 Å². The second-order valence-electron chi connectivity index (χ2n) is 8.87. The second-order valence-corrected chi connectivity index (χ2v) is 8.87. The van der Waals surface area contributed by atoms with Crippen molar-refractivity contribution in [2.75, 3.05) is 38.3 Å². The van der Waals surface area contributed by atoms with Gasteiger partial charge in [-0.3, -0.25) is 0 Å². The van der Waals surface area contributed by atoms with Gasteiger partial charge in [0, 0.05) is 44.5 Å². The van der Waals surface area contributed by atoms with Crippen LogP contribution in [0.3, 0.4) is 0 Å². The SMILES string of the molecule is COC[C@H](CCCNC(=O)OC(C)(C)C)N[C@@H]1CCN(c2ccc(C(F)(F)F)cc2)C1. The van der Waals surface area contributed by atoms with Gasteiger partial charge < -0.3 is 25.0 Å². The number of benzene rings is 1. The molecule has 9 heteroatoms. The third-order valence-corrected chi connectivity index (χ3v) is 4.98. The van der Waals surface area contributed by atoms with E-state index in [0.29, 0.717) is 13.2 Å². The van der Waals surface area contributed by atoms with Crippen molar-refractivity contribution in [3.63, 3.8) is 0 Å². The fourth-order valence-corrected chi connectivity index (χ4v) is 3.59. The molecule has 1 aromatic rings. The molecule has 31 heavy (non-hydrogen) atoms. The van der Waals surface area contributed by atoms with Crippen LogP contribution in [0, 0.1) is 0 Å². The van der Waals surface area contributed by atoms with E-state index in [9.17, 15) is 18.0 Å². The first-order valence-corrected chi connectivity index (χ1v) is 10.6. The molecule has 0 saturated carbocycles. The number of anilines is 1. The lowest BCUT2D eigenvalue weighted by atomic mass is 10.1. The molecule has 1 saturated heterocycles. The van der Waals surface area contributed by atoms with E-state index in [4.69, 9.17) is 9.47 Å². The summed E-state index contributed by atoms with van der Waals surface area (Å²) >= 11 is 0. The van der Waals surface area contributed by atoms with E-state index in [0.717, 1.165) is 50.2 Å². The molecule has 1 aromatic carbocycles. The van der Waals surface area contributed by atoms with Crippen molar-refractivity contribution >= 4 is 11.8 Å². The van der Waals surface area contributed by atoms with E-state index in [1.807, 2.05) is 20.8 Å². The summed E-state index contributed by atoms with van der Waals surface area (Å²) in [5, 5.41) is 6.34. The van der Waals surface area contributed by atoms with Crippen molar-refractivity contribution in [2.45, 2.75) is 63.9 Å². The Morgan fingerprint density at radius 1 is 1.23 bits per heavy atom. The van der Waals surface area contributed by atoms with Gasteiger partial charge in [0.25, 0.3) is 0 Å². The molecule has 0 spiro atoms. The highest BCUT2D eigenvalue weighted by Crippen LogP contribution is 2.31. The molecule has 1 fully saturated rings. The van der Waals surface area contributed by atoms with Gasteiger partial charge in [0.2, 0.25) is 0 Å². The van der Waals surface area contributed by atoms with E-state index >= 15 is 0 Å². The van der Waals surface area contributed by atoms with Crippen LogP contribution in [-0.4, -0.2) is 57.1 Å². The maximum Gasteiger partial charge on any atom is 0.416 e. The van der Waals surface area contributed by atoms with Crippen molar-refractivity contribution < 1.29 is 27.4 Å². The number of alkyl carbamates (subject to hydrolysis) is 1. The third-order valence-electron chi connectivity index (χ3n) is 4.98. The maximum absolute atomic E-state index is 12.8. The fraction of sp³-hybridized carbons (Fsp3) is 0.682. The van der Waals surface area contributed by atoms with Crippen LogP contribution in [0.25, 0.3) is 0 Å². The molecule has 1 aliphatic rings. The first-order chi connectivity index (χ1) is 14.5. The molecule has 0 aromatic heterocycles. The molecule has 1 aliphatic heterocycles. The fourth-order valence-electron chi connectivity index (χ4n) is 3.59. The number of amides is 1. The van der Waals surface area contributed by atoms with Crippen LogP contribution in [0.2, 0.25) is 0 Å². The Morgan fingerprint density at radius 3 is 2.48 bits per heavy atom. The van der Waals surface area contributed by atoms with Crippen LogP contribution in [0.1, 0.15) is 45.6 Å². The van der Waals surface area contributed by atoms with Crippen molar-refractivity contribution in [1.82, 2.24) is 10.6 Å². The van der Waals surface area contributed by atoms with Gasteiger partial charge in [-0.25, -0.2) is 4.79 Å². The second kappa shape index (κ2) is 11.0. The van der Waals surface area contributed by atoms with Crippen molar-refractivity contribution in [3.8, 4) is 0 Å². The number of alkyl halides is 3. The number of nitrogens with zero attached hydrogens (tertiary/aromatic N) is 1. The highest BCUT2D eigenvalue weighted by molar-refractivity contribution is 5.67. The van der Waals surface area contributed by atoms with Gasteiger partial charge >= 0.3 is 12.3 Å². The molecule has 0 radical (unpaired) electrons. The lowest BCUT2D eigenvalue weighted by Gasteiger charge is -2.24. The maximum atomic E-state index is 12.8. The predicted octanol–water partition coefficient (Wildman–Crippen LogP) is 4.19. The molecule has 6 nitrogen and oxygen atoms in total. The number of rotatable bonds is 9. The Bertz CT molecular complexity index is 690. The number of carbonyl (C=O) groups is 1. The summed E-state index contributed by atoms with van der Waals surface area (Å²) in [6, 6.07) is 5.66. The van der Waals surface area contributed by atoms with E-state index in [-0.39, 0.29) is 12.1 Å². The molecule has 2 N–H and O–H groups in total. The molecule has 2 rings (SSSR count). The number of halogens is 3. The van der Waals surface area contributed by atoms with Gasteiger partial charge in [-0.2, -0.15) is 13.2 Å². The average molecular weight is 446 g/mol. The Labute approximate surface area is 182 Å². The van der Waals surface area contributed by atoms with Crippen LogP contribution < -0.4 is 15.5 Å². The summed E-state index contributed by atoms with van der Waals surface area (Å²) in [5.74, 6) is 0. The smallest absolute Gasteiger partial charge is 0.416 e. The highest BCUT2D eigenvalue weighted by Gasteiger charge is 2.31. The summed E-state index contributed by atoms with van der Waals surface area (Å²) < 4.78 is 48.8. The van der Waals surface area contributed by atoms with Gasteiger partial charge in [-0.15, -0.1) is 0 Å². The summed E-state index contributed by atoms with van der Waals surface area (Å²) in [4.78, 5) is 13.8. The van der Waals surface area contributed by atoms with Crippen LogP contribution in [0.5, 0.6) is 0 Å². The number of methoxy groups -OCH3 is 1. The molecule has 1 heterocycles. The Morgan fingerprint density at radius 2 is 1.90 bits per heavy atom. The first kappa shape index (κ1) is 25.3. The molecule has 0 aliphatic carbocycles. The quantitative estimate of drug-likeness (QED) is 0.558. The molecule has 0 unspecified atom stereocenters. The van der Waals surface area contributed by atoms with E-state index in [1.54, 1.807) is 7.11 Å². The number of hydrogen-bond donors (Lipinski definition) is 2. The Balaban J connectivity index is 1.77.